The van der Waals surface area contributed by atoms with Crippen molar-refractivity contribution in [3.63, 3.8) is 0 Å². The van der Waals surface area contributed by atoms with Gasteiger partial charge in [-0.1, -0.05) is 60.7 Å². The van der Waals surface area contributed by atoms with Crippen LogP contribution in [0.15, 0.2) is 85.2 Å². The minimum absolute atomic E-state index is 0.223. The molecule has 0 aliphatic heterocycles. The van der Waals surface area contributed by atoms with Crippen molar-refractivity contribution in [2.75, 3.05) is 6.54 Å². The normalized spacial score (nSPS) is 10.6. The number of carbonyl (C=O) groups excluding carboxylic acids is 1. The van der Waals surface area contributed by atoms with Gasteiger partial charge >= 0.3 is 0 Å². The molecule has 3 rings (SSSR count). The summed E-state index contributed by atoms with van der Waals surface area (Å²) in [6.07, 6.45) is 8.07. The number of rotatable bonds is 10. The summed E-state index contributed by atoms with van der Waals surface area (Å²) in [5.41, 5.74) is 3.70. The van der Waals surface area contributed by atoms with E-state index in [1.807, 2.05) is 41.3 Å². The van der Waals surface area contributed by atoms with Gasteiger partial charge in [0.1, 0.15) is 0 Å². The zero-order chi connectivity index (χ0) is 19.4. The predicted octanol–water partition coefficient (Wildman–Crippen LogP) is 5.07. The van der Waals surface area contributed by atoms with E-state index in [1.54, 1.807) is 12.4 Å². The molecule has 3 aromatic rings. The maximum absolute atomic E-state index is 12.9. The van der Waals surface area contributed by atoms with Gasteiger partial charge < -0.3 is 4.90 Å². The summed E-state index contributed by atoms with van der Waals surface area (Å²) in [7, 11) is 0. The average molecular weight is 373 g/mol. The molecule has 3 heteroatoms. The van der Waals surface area contributed by atoms with Crippen LogP contribution in [0.5, 0.6) is 0 Å². The molecule has 0 saturated carbocycles. The van der Waals surface area contributed by atoms with Gasteiger partial charge in [0, 0.05) is 31.9 Å². The number of aromatic nitrogens is 1. The first-order valence-electron chi connectivity index (χ1n) is 10.1. The molecule has 0 aliphatic rings. The zero-order valence-corrected chi connectivity index (χ0v) is 16.3. The average Bonchev–Trinajstić information content (AvgIpc) is 2.76. The fourth-order valence-electron chi connectivity index (χ4n) is 3.33. The fraction of sp³-hybridized carbons (Fsp3) is 0.280. The highest BCUT2D eigenvalue weighted by Crippen LogP contribution is 2.11. The highest BCUT2D eigenvalue weighted by molar-refractivity contribution is 5.76. The van der Waals surface area contributed by atoms with E-state index in [0.717, 1.165) is 37.8 Å². The molecular formula is C25H28N2O. The molecule has 0 saturated heterocycles. The van der Waals surface area contributed by atoms with Crippen LogP contribution in [0.3, 0.4) is 0 Å². The van der Waals surface area contributed by atoms with Crippen molar-refractivity contribution in [3.05, 3.63) is 102 Å². The van der Waals surface area contributed by atoms with Gasteiger partial charge in [-0.05, 0) is 54.5 Å². The summed E-state index contributed by atoms with van der Waals surface area (Å²) >= 11 is 0. The standard InChI is InChI=1S/C25H28N2O/c28-25(15-14-23-11-5-2-6-12-23)27(21-24-16-18-26-19-17-24)20-8-7-13-22-9-3-1-4-10-22/h1-6,9-12,16-19H,7-8,13-15,20-21H2. The van der Waals surface area contributed by atoms with Crippen LogP contribution in [0, 0.1) is 0 Å². The lowest BCUT2D eigenvalue weighted by Gasteiger charge is -2.23. The Balaban J connectivity index is 1.53. The minimum Gasteiger partial charge on any atom is -0.338 e. The zero-order valence-electron chi connectivity index (χ0n) is 16.3. The Hall–Kier alpha value is -2.94. The number of benzene rings is 2. The van der Waals surface area contributed by atoms with Crippen LogP contribution in [0.1, 0.15) is 36.0 Å². The predicted molar refractivity (Wildman–Crippen MR) is 114 cm³/mol. The third-order valence-corrected chi connectivity index (χ3v) is 4.93. The van der Waals surface area contributed by atoms with E-state index >= 15 is 0 Å². The summed E-state index contributed by atoms with van der Waals surface area (Å²) < 4.78 is 0. The quantitative estimate of drug-likeness (QED) is 0.466. The van der Waals surface area contributed by atoms with Crippen LogP contribution in [-0.4, -0.2) is 22.3 Å². The number of carbonyl (C=O) groups is 1. The molecule has 0 spiro atoms. The van der Waals surface area contributed by atoms with Crippen LogP contribution < -0.4 is 0 Å². The second-order valence-corrected chi connectivity index (χ2v) is 7.10. The molecule has 3 nitrogen and oxygen atoms in total. The molecule has 28 heavy (non-hydrogen) atoms. The van der Waals surface area contributed by atoms with Crippen LogP contribution in [0.4, 0.5) is 0 Å². The molecule has 144 valence electrons. The van der Waals surface area contributed by atoms with E-state index in [4.69, 9.17) is 0 Å². The Morgan fingerprint density at radius 3 is 1.96 bits per heavy atom. The van der Waals surface area contributed by atoms with Gasteiger partial charge in [-0.2, -0.15) is 0 Å². The van der Waals surface area contributed by atoms with Crippen LogP contribution in [0.2, 0.25) is 0 Å². The lowest BCUT2D eigenvalue weighted by atomic mass is 10.1. The van der Waals surface area contributed by atoms with Crippen molar-refractivity contribution < 1.29 is 4.79 Å². The monoisotopic (exact) mass is 372 g/mol. The molecule has 0 radical (unpaired) electrons. The van der Waals surface area contributed by atoms with Gasteiger partial charge in [-0.3, -0.25) is 9.78 Å². The SMILES string of the molecule is O=C(CCc1ccccc1)N(CCCCc1ccccc1)Cc1ccncc1. The number of pyridine rings is 1. The topological polar surface area (TPSA) is 33.2 Å². The van der Waals surface area contributed by atoms with Crippen molar-refractivity contribution in [2.24, 2.45) is 0 Å². The minimum atomic E-state index is 0.223. The molecule has 1 amide bonds. The van der Waals surface area contributed by atoms with E-state index in [0.29, 0.717) is 13.0 Å². The number of aryl methyl sites for hydroxylation is 2. The Morgan fingerprint density at radius 1 is 0.714 bits per heavy atom. The lowest BCUT2D eigenvalue weighted by molar-refractivity contribution is -0.131. The first kappa shape index (κ1) is 19.8. The van der Waals surface area contributed by atoms with Gasteiger partial charge in [0.15, 0.2) is 0 Å². The molecule has 1 aromatic heterocycles. The molecular weight excluding hydrogens is 344 g/mol. The van der Waals surface area contributed by atoms with E-state index < -0.39 is 0 Å². The molecule has 0 N–H and O–H groups in total. The first-order chi connectivity index (χ1) is 13.8. The van der Waals surface area contributed by atoms with Crippen LogP contribution in [0.25, 0.3) is 0 Å². The highest BCUT2D eigenvalue weighted by atomic mass is 16.2. The third-order valence-electron chi connectivity index (χ3n) is 4.93. The van der Waals surface area contributed by atoms with Crippen molar-refractivity contribution >= 4 is 5.91 Å². The summed E-state index contributed by atoms with van der Waals surface area (Å²) in [6, 6.07) is 24.7. The number of hydrogen-bond donors (Lipinski definition) is 0. The van der Waals surface area contributed by atoms with Gasteiger partial charge in [0.25, 0.3) is 0 Å². The Bertz CT molecular complexity index is 819. The molecule has 0 atom stereocenters. The van der Waals surface area contributed by atoms with E-state index in [1.165, 1.54) is 11.1 Å². The lowest BCUT2D eigenvalue weighted by Crippen LogP contribution is -2.31. The van der Waals surface area contributed by atoms with Crippen LogP contribution in [-0.2, 0) is 24.2 Å². The largest absolute Gasteiger partial charge is 0.338 e. The highest BCUT2D eigenvalue weighted by Gasteiger charge is 2.14. The van der Waals surface area contributed by atoms with Gasteiger partial charge in [-0.15, -0.1) is 0 Å². The Morgan fingerprint density at radius 2 is 1.32 bits per heavy atom. The summed E-state index contributed by atoms with van der Waals surface area (Å²) in [5, 5.41) is 0. The number of amides is 1. The summed E-state index contributed by atoms with van der Waals surface area (Å²) in [5.74, 6) is 0.223. The first-order valence-corrected chi connectivity index (χ1v) is 10.1. The maximum atomic E-state index is 12.9. The van der Waals surface area contributed by atoms with E-state index in [2.05, 4.69) is 41.4 Å². The smallest absolute Gasteiger partial charge is 0.223 e. The van der Waals surface area contributed by atoms with Crippen LogP contribution >= 0.6 is 0 Å². The molecule has 0 fully saturated rings. The molecule has 0 aliphatic carbocycles. The Labute approximate surface area is 168 Å². The number of hydrogen-bond acceptors (Lipinski definition) is 2. The maximum Gasteiger partial charge on any atom is 0.223 e. The molecule has 2 aromatic carbocycles. The molecule has 0 bridgehead atoms. The summed E-state index contributed by atoms with van der Waals surface area (Å²) in [4.78, 5) is 19.0. The number of unbranched alkanes of at least 4 members (excludes halogenated alkanes) is 1. The van der Waals surface area contributed by atoms with Gasteiger partial charge in [-0.25, -0.2) is 0 Å². The number of nitrogens with zero attached hydrogens (tertiary/aromatic N) is 2. The van der Waals surface area contributed by atoms with E-state index in [9.17, 15) is 4.79 Å². The van der Waals surface area contributed by atoms with Crippen molar-refractivity contribution in [2.45, 2.75) is 38.6 Å². The van der Waals surface area contributed by atoms with Gasteiger partial charge in [0.05, 0.1) is 0 Å². The third kappa shape index (κ3) is 6.66. The second kappa shape index (κ2) is 11.0. The van der Waals surface area contributed by atoms with Crippen molar-refractivity contribution in [3.8, 4) is 0 Å². The van der Waals surface area contributed by atoms with Crippen molar-refractivity contribution in [1.29, 1.82) is 0 Å². The molecule has 0 unspecified atom stereocenters. The fourth-order valence-corrected chi connectivity index (χ4v) is 3.33. The van der Waals surface area contributed by atoms with Crippen molar-refractivity contribution in [1.82, 2.24) is 9.88 Å². The van der Waals surface area contributed by atoms with Gasteiger partial charge in [0.2, 0.25) is 5.91 Å². The molecule has 1 heterocycles. The van der Waals surface area contributed by atoms with E-state index in [-0.39, 0.29) is 5.91 Å². The Kier molecular flexibility index (Phi) is 7.80. The summed E-state index contributed by atoms with van der Waals surface area (Å²) in [6.45, 7) is 1.45. The second-order valence-electron chi connectivity index (χ2n) is 7.10.